The molecule has 0 radical (unpaired) electrons. The quantitative estimate of drug-likeness (QED) is 0.493. The van der Waals surface area contributed by atoms with Gasteiger partial charge in [-0.15, -0.1) is 0 Å². The van der Waals surface area contributed by atoms with Crippen LogP contribution >= 0.6 is 0 Å². The Labute approximate surface area is 182 Å². The van der Waals surface area contributed by atoms with Crippen LogP contribution in [-0.4, -0.2) is 35.0 Å². The Morgan fingerprint density at radius 1 is 1.16 bits per heavy atom. The molecule has 0 unspecified atom stereocenters. The molecule has 0 spiro atoms. The molecule has 5 heteroatoms. The molecule has 1 N–H and O–H groups in total. The van der Waals surface area contributed by atoms with Gasteiger partial charge in [-0.2, -0.15) is 5.10 Å². The molecule has 2 heterocycles. The topological polar surface area (TPSA) is 59.3 Å². The second kappa shape index (κ2) is 9.73. The molecule has 0 saturated carbocycles. The number of allylic oxidation sites excluding steroid dienone is 1. The van der Waals surface area contributed by atoms with Crippen molar-refractivity contribution >= 4 is 12.1 Å². The van der Waals surface area contributed by atoms with Crippen molar-refractivity contribution in [1.29, 1.82) is 0 Å². The van der Waals surface area contributed by atoms with E-state index in [1.807, 2.05) is 67.9 Å². The summed E-state index contributed by atoms with van der Waals surface area (Å²) >= 11 is 0. The van der Waals surface area contributed by atoms with Crippen LogP contribution in [0.2, 0.25) is 0 Å². The SMILES string of the molecule is Cc1ccc(C#Cc2cc(C(=O)NCCCC3=CCN=C3)ccc2-n2cccn2)cc1. The van der Waals surface area contributed by atoms with Crippen LogP contribution in [0.15, 0.2) is 77.6 Å². The van der Waals surface area contributed by atoms with Crippen molar-refractivity contribution in [2.75, 3.05) is 13.1 Å². The number of hydrogen-bond donors (Lipinski definition) is 1. The fourth-order valence-electron chi connectivity index (χ4n) is 3.32. The Kier molecular flexibility index (Phi) is 6.39. The number of rotatable bonds is 6. The van der Waals surface area contributed by atoms with Gasteiger partial charge < -0.3 is 5.32 Å². The number of nitrogens with one attached hydrogen (secondary N) is 1. The summed E-state index contributed by atoms with van der Waals surface area (Å²) in [6.45, 7) is 3.44. The van der Waals surface area contributed by atoms with E-state index < -0.39 is 0 Å². The highest BCUT2D eigenvalue weighted by atomic mass is 16.1. The van der Waals surface area contributed by atoms with E-state index in [4.69, 9.17) is 0 Å². The molecule has 31 heavy (non-hydrogen) atoms. The molecular weight excluding hydrogens is 384 g/mol. The largest absolute Gasteiger partial charge is 0.352 e. The molecule has 0 bridgehead atoms. The molecule has 1 amide bonds. The number of aromatic nitrogens is 2. The van der Waals surface area contributed by atoms with Gasteiger partial charge in [0.25, 0.3) is 5.91 Å². The number of aryl methyl sites for hydroxylation is 1. The van der Waals surface area contributed by atoms with Gasteiger partial charge >= 0.3 is 0 Å². The van der Waals surface area contributed by atoms with Crippen molar-refractivity contribution in [3.63, 3.8) is 0 Å². The van der Waals surface area contributed by atoms with Gasteiger partial charge in [-0.1, -0.05) is 35.6 Å². The van der Waals surface area contributed by atoms with Gasteiger partial charge in [0.1, 0.15) is 0 Å². The first-order valence-corrected chi connectivity index (χ1v) is 10.4. The highest BCUT2D eigenvalue weighted by Gasteiger charge is 2.10. The molecule has 0 atom stereocenters. The highest BCUT2D eigenvalue weighted by molar-refractivity contribution is 5.95. The Balaban J connectivity index is 1.51. The number of carbonyl (C=O) groups is 1. The summed E-state index contributed by atoms with van der Waals surface area (Å²) in [5.41, 5.74) is 5.55. The molecule has 0 fully saturated rings. The molecule has 5 nitrogen and oxygen atoms in total. The average molecular weight is 409 g/mol. The summed E-state index contributed by atoms with van der Waals surface area (Å²) in [6.07, 6.45) is 9.43. The highest BCUT2D eigenvalue weighted by Crippen LogP contribution is 2.16. The minimum atomic E-state index is -0.0977. The van der Waals surface area contributed by atoms with E-state index >= 15 is 0 Å². The first-order valence-electron chi connectivity index (χ1n) is 10.4. The van der Waals surface area contributed by atoms with Gasteiger partial charge in [-0.05, 0) is 61.7 Å². The van der Waals surface area contributed by atoms with E-state index in [0.717, 1.165) is 36.2 Å². The first kappa shape index (κ1) is 20.4. The minimum absolute atomic E-state index is 0.0977. The summed E-state index contributed by atoms with van der Waals surface area (Å²) < 4.78 is 1.76. The van der Waals surface area contributed by atoms with Crippen molar-refractivity contribution in [2.45, 2.75) is 19.8 Å². The molecule has 1 aliphatic heterocycles. The molecule has 0 aliphatic carbocycles. The van der Waals surface area contributed by atoms with E-state index in [0.29, 0.717) is 12.1 Å². The number of benzene rings is 2. The maximum atomic E-state index is 12.7. The first-order chi connectivity index (χ1) is 15.2. The van der Waals surface area contributed by atoms with Gasteiger partial charge in [-0.25, -0.2) is 4.68 Å². The average Bonchev–Trinajstić information content (AvgIpc) is 3.50. The lowest BCUT2D eigenvalue weighted by Gasteiger charge is -2.09. The zero-order valence-corrected chi connectivity index (χ0v) is 17.5. The van der Waals surface area contributed by atoms with Gasteiger partial charge in [0.15, 0.2) is 0 Å². The Morgan fingerprint density at radius 2 is 2.03 bits per heavy atom. The Bertz CT molecular complexity index is 1180. The second-order valence-electron chi connectivity index (χ2n) is 7.43. The van der Waals surface area contributed by atoms with E-state index in [2.05, 4.69) is 33.3 Å². The number of aliphatic imine (C=N–C) groups is 1. The summed E-state index contributed by atoms with van der Waals surface area (Å²) in [5.74, 6) is 6.33. The van der Waals surface area contributed by atoms with Crippen LogP contribution in [0.5, 0.6) is 0 Å². The molecule has 3 aromatic rings. The van der Waals surface area contributed by atoms with E-state index in [1.54, 1.807) is 10.9 Å². The second-order valence-corrected chi connectivity index (χ2v) is 7.43. The van der Waals surface area contributed by atoms with Crippen molar-refractivity contribution < 1.29 is 4.79 Å². The molecular formula is C26H24N4O. The van der Waals surface area contributed by atoms with Crippen molar-refractivity contribution in [3.8, 4) is 17.5 Å². The lowest BCUT2D eigenvalue weighted by Crippen LogP contribution is -2.24. The minimum Gasteiger partial charge on any atom is -0.352 e. The molecule has 154 valence electrons. The van der Waals surface area contributed by atoms with Gasteiger partial charge in [0.2, 0.25) is 0 Å². The Hall–Kier alpha value is -3.91. The van der Waals surface area contributed by atoms with Gasteiger partial charge in [0, 0.05) is 36.3 Å². The third-order valence-corrected chi connectivity index (χ3v) is 5.05. The van der Waals surface area contributed by atoms with Crippen LogP contribution in [0.4, 0.5) is 0 Å². The van der Waals surface area contributed by atoms with E-state index in [9.17, 15) is 4.79 Å². The van der Waals surface area contributed by atoms with Crippen molar-refractivity contribution in [3.05, 3.63) is 94.8 Å². The van der Waals surface area contributed by atoms with Crippen LogP contribution < -0.4 is 5.32 Å². The summed E-state index contributed by atoms with van der Waals surface area (Å²) in [5, 5.41) is 7.32. The zero-order chi connectivity index (χ0) is 21.5. The number of amides is 1. The molecule has 2 aromatic carbocycles. The predicted octanol–water partition coefficient (Wildman–Crippen LogP) is 4.10. The molecule has 0 saturated heterocycles. The summed E-state index contributed by atoms with van der Waals surface area (Å²) in [6, 6.07) is 15.5. The van der Waals surface area contributed by atoms with Crippen LogP contribution in [0.1, 0.15) is 39.9 Å². The van der Waals surface area contributed by atoms with E-state index in [1.165, 1.54) is 11.1 Å². The van der Waals surface area contributed by atoms with Crippen LogP contribution in [0.25, 0.3) is 5.69 Å². The fourth-order valence-corrected chi connectivity index (χ4v) is 3.32. The van der Waals surface area contributed by atoms with Gasteiger partial charge in [0.05, 0.1) is 17.8 Å². The van der Waals surface area contributed by atoms with Crippen LogP contribution in [0, 0.1) is 18.8 Å². The standard InChI is InChI=1S/C26H24N4O/c1-20-5-7-21(8-6-20)9-10-23-18-24(11-12-25(23)30-17-3-15-29-30)26(31)28-14-2-4-22-13-16-27-19-22/h3,5-8,11-13,15,17-19H,2,4,14,16H2,1H3,(H,28,31). The zero-order valence-electron chi connectivity index (χ0n) is 17.5. The summed E-state index contributed by atoms with van der Waals surface area (Å²) in [4.78, 5) is 16.9. The third kappa shape index (κ3) is 5.37. The van der Waals surface area contributed by atoms with Crippen molar-refractivity contribution in [1.82, 2.24) is 15.1 Å². The summed E-state index contributed by atoms with van der Waals surface area (Å²) in [7, 11) is 0. The maximum absolute atomic E-state index is 12.7. The molecule has 1 aromatic heterocycles. The third-order valence-electron chi connectivity index (χ3n) is 5.05. The Morgan fingerprint density at radius 3 is 2.77 bits per heavy atom. The van der Waals surface area contributed by atoms with Gasteiger partial charge in [-0.3, -0.25) is 9.79 Å². The lowest BCUT2D eigenvalue weighted by atomic mass is 10.1. The number of hydrogen-bond acceptors (Lipinski definition) is 3. The number of nitrogens with zero attached hydrogens (tertiary/aromatic N) is 3. The smallest absolute Gasteiger partial charge is 0.251 e. The predicted molar refractivity (Wildman–Crippen MR) is 124 cm³/mol. The maximum Gasteiger partial charge on any atom is 0.251 e. The number of carbonyl (C=O) groups excluding carboxylic acids is 1. The fraction of sp³-hybridized carbons (Fsp3) is 0.192. The van der Waals surface area contributed by atoms with Crippen molar-refractivity contribution in [2.24, 2.45) is 4.99 Å². The van der Waals surface area contributed by atoms with Crippen LogP contribution in [0.3, 0.4) is 0 Å². The van der Waals surface area contributed by atoms with E-state index in [-0.39, 0.29) is 5.91 Å². The molecule has 4 rings (SSSR count). The lowest BCUT2D eigenvalue weighted by molar-refractivity contribution is 0.0953. The van der Waals surface area contributed by atoms with Crippen LogP contribution in [-0.2, 0) is 0 Å². The molecule has 1 aliphatic rings. The normalized spacial score (nSPS) is 12.2. The monoisotopic (exact) mass is 408 g/mol.